The highest BCUT2D eigenvalue weighted by molar-refractivity contribution is 6.02. The summed E-state index contributed by atoms with van der Waals surface area (Å²) in [7, 11) is 0. The molecule has 124 valence electrons. The van der Waals surface area contributed by atoms with Crippen LogP contribution in [0, 0.1) is 0 Å². The molecule has 5 nitrogen and oxygen atoms in total. The summed E-state index contributed by atoms with van der Waals surface area (Å²) in [5.74, 6) is 0.414. The molecule has 0 saturated carbocycles. The average molecular weight is 330 g/mol. The summed E-state index contributed by atoms with van der Waals surface area (Å²) in [6.45, 7) is 0. The second-order valence-corrected chi connectivity index (χ2v) is 6.19. The van der Waals surface area contributed by atoms with Crippen LogP contribution in [0.5, 0.6) is 0 Å². The summed E-state index contributed by atoms with van der Waals surface area (Å²) in [6.07, 6.45) is 3.03. The Kier molecular flexibility index (Phi) is 3.90. The highest BCUT2D eigenvalue weighted by Gasteiger charge is 2.28. The SMILES string of the molecule is Nc1ncc2c(n1)CC(c1ccccc1-c1ccccc1)C/C2=N\O. The topological polar surface area (TPSA) is 84.4 Å². The van der Waals surface area contributed by atoms with Crippen molar-refractivity contribution in [3.05, 3.63) is 77.6 Å². The van der Waals surface area contributed by atoms with Gasteiger partial charge in [-0.2, -0.15) is 0 Å². The van der Waals surface area contributed by atoms with Gasteiger partial charge in [-0.1, -0.05) is 59.8 Å². The third-order valence-corrected chi connectivity index (χ3v) is 4.68. The lowest BCUT2D eigenvalue weighted by atomic mass is 9.79. The van der Waals surface area contributed by atoms with E-state index >= 15 is 0 Å². The van der Waals surface area contributed by atoms with Gasteiger partial charge in [0.25, 0.3) is 0 Å². The molecular formula is C20H18N4O. The zero-order valence-corrected chi connectivity index (χ0v) is 13.6. The van der Waals surface area contributed by atoms with E-state index in [0.29, 0.717) is 12.1 Å². The minimum atomic E-state index is 0.170. The van der Waals surface area contributed by atoms with Crippen LogP contribution in [-0.4, -0.2) is 20.9 Å². The maximum absolute atomic E-state index is 9.46. The number of hydrogen-bond donors (Lipinski definition) is 2. The largest absolute Gasteiger partial charge is 0.411 e. The lowest BCUT2D eigenvalue weighted by Crippen LogP contribution is -2.22. The molecule has 0 fully saturated rings. The number of hydrogen-bond acceptors (Lipinski definition) is 5. The van der Waals surface area contributed by atoms with Gasteiger partial charge in [0.2, 0.25) is 5.95 Å². The Labute approximate surface area is 145 Å². The fourth-order valence-electron chi connectivity index (χ4n) is 3.53. The van der Waals surface area contributed by atoms with Gasteiger partial charge in [-0.3, -0.25) is 0 Å². The minimum Gasteiger partial charge on any atom is -0.411 e. The molecule has 2 aromatic carbocycles. The second kappa shape index (κ2) is 6.36. The predicted molar refractivity (Wildman–Crippen MR) is 97.7 cm³/mol. The molecule has 25 heavy (non-hydrogen) atoms. The number of nitrogens with two attached hydrogens (primary N) is 1. The zero-order chi connectivity index (χ0) is 17.2. The third kappa shape index (κ3) is 2.85. The number of aromatic nitrogens is 2. The number of rotatable bonds is 2. The van der Waals surface area contributed by atoms with E-state index in [1.54, 1.807) is 6.20 Å². The molecule has 1 atom stereocenters. The van der Waals surface area contributed by atoms with Crippen LogP contribution >= 0.6 is 0 Å². The minimum absolute atomic E-state index is 0.170. The summed E-state index contributed by atoms with van der Waals surface area (Å²) in [4.78, 5) is 8.39. The van der Waals surface area contributed by atoms with E-state index in [1.165, 1.54) is 16.7 Å². The predicted octanol–water partition coefficient (Wildman–Crippen LogP) is 3.63. The molecule has 0 aliphatic heterocycles. The van der Waals surface area contributed by atoms with Crippen LogP contribution < -0.4 is 5.73 Å². The molecule has 1 aromatic heterocycles. The molecule has 0 saturated heterocycles. The number of oxime groups is 1. The van der Waals surface area contributed by atoms with Crippen molar-refractivity contribution in [1.82, 2.24) is 9.97 Å². The molecule has 0 radical (unpaired) electrons. The van der Waals surface area contributed by atoms with Gasteiger partial charge in [0.1, 0.15) is 0 Å². The quantitative estimate of drug-likeness (QED) is 0.555. The smallest absolute Gasteiger partial charge is 0.220 e. The number of nitrogens with zero attached hydrogens (tertiary/aromatic N) is 3. The van der Waals surface area contributed by atoms with E-state index < -0.39 is 0 Å². The van der Waals surface area contributed by atoms with Gasteiger partial charge in [0.15, 0.2) is 0 Å². The summed E-state index contributed by atoms with van der Waals surface area (Å²) in [5.41, 5.74) is 11.6. The van der Waals surface area contributed by atoms with Crippen LogP contribution in [0.1, 0.15) is 29.2 Å². The Hall–Kier alpha value is -3.21. The molecule has 5 heteroatoms. The zero-order valence-electron chi connectivity index (χ0n) is 13.6. The van der Waals surface area contributed by atoms with Gasteiger partial charge in [-0.05, 0) is 29.0 Å². The monoisotopic (exact) mass is 330 g/mol. The Morgan fingerprint density at radius 3 is 2.52 bits per heavy atom. The van der Waals surface area contributed by atoms with Gasteiger partial charge in [0.05, 0.1) is 11.4 Å². The first-order valence-corrected chi connectivity index (χ1v) is 8.23. The van der Waals surface area contributed by atoms with Crippen molar-refractivity contribution in [2.45, 2.75) is 18.8 Å². The Bertz CT molecular complexity index is 937. The van der Waals surface area contributed by atoms with Crippen molar-refractivity contribution in [2.75, 3.05) is 5.73 Å². The molecule has 1 aliphatic carbocycles. The van der Waals surface area contributed by atoms with Gasteiger partial charge >= 0.3 is 0 Å². The molecule has 0 spiro atoms. The fraction of sp³-hybridized carbons (Fsp3) is 0.150. The van der Waals surface area contributed by atoms with Crippen molar-refractivity contribution in [3.8, 4) is 11.1 Å². The molecular weight excluding hydrogens is 312 g/mol. The van der Waals surface area contributed by atoms with Crippen molar-refractivity contribution in [3.63, 3.8) is 0 Å². The molecule has 4 rings (SSSR count). The highest BCUT2D eigenvalue weighted by atomic mass is 16.4. The molecule has 1 heterocycles. The van der Waals surface area contributed by atoms with Crippen LogP contribution in [0.3, 0.4) is 0 Å². The molecule has 1 aliphatic rings. The maximum atomic E-state index is 9.46. The third-order valence-electron chi connectivity index (χ3n) is 4.68. The van der Waals surface area contributed by atoms with Crippen molar-refractivity contribution in [1.29, 1.82) is 0 Å². The first-order chi connectivity index (χ1) is 12.3. The molecule has 3 N–H and O–H groups in total. The molecule has 0 amide bonds. The van der Waals surface area contributed by atoms with E-state index in [0.717, 1.165) is 17.7 Å². The standard InChI is InChI=1S/C20H18N4O/c21-20-22-12-17-18(23-20)10-14(11-19(17)24-25)16-9-5-4-8-15(16)13-6-2-1-3-7-13/h1-9,12,14,25H,10-11H2,(H2,21,22,23)/b24-19+. The highest BCUT2D eigenvalue weighted by Crippen LogP contribution is 2.37. The van der Waals surface area contributed by atoms with Crippen molar-refractivity contribution in [2.24, 2.45) is 5.16 Å². The van der Waals surface area contributed by atoms with Crippen LogP contribution in [0.25, 0.3) is 11.1 Å². The van der Waals surface area contributed by atoms with Gasteiger partial charge in [0, 0.05) is 18.2 Å². The molecule has 1 unspecified atom stereocenters. The van der Waals surface area contributed by atoms with E-state index in [9.17, 15) is 5.21 Å². The van der Waals surface area contributed by atoms with Gasteiger partial charge < -0.3 is 10.9 Å². The Balaban J connectivity index is 1.79. The average Bonchev–Trinajstić information content (AvgIpc) is 2.67. The fourth-order valence-corrected chi connectivity index (χ4v) is 3.53. The first kappa shape index (κ1) is 15.3. The van der Waals surface area contributed by atoms with Crippen LogP contribution in [0.2, 0.25) is 0 Å². The number of benzene rings is 2. The van der Waals surface area contributed by atoms with Crippen LogP contribution in [0.4, 0.5) is 5.95 Å². The van der Waals surface area contributed by atoms with E-state index in [2.05, 4.69) is 39.4 Å². The maximum Gasteiger partial charge on any atom is 0.220 e. The van der Waals surface area contributed by atoms with Crippen LogP contribution in [0.15, 0.2) is 65.9 Å². The van der Waals surface area contributed by atoms with Gasteiger partial charge in [-0.25, -0.2) is 9.97 Å². The number of anilines is 1. The van der Waals surface area contributed by atoms with Crippen molar-refractivity contribution >= 4 is 11.7 Å². The molecule has 3 aromatic rings. The van der Waals surface area contributed by atoms with E-state index in [1.807, 2.05) is 30.3 Å². The van der Waals surface area contributed by atoms with Crippen LogP contribution in [-0.2, 0) is 6.42 Å². The van der Waals surface area contributed by atoms with E-state index in [4.69, 9.17) is 5.73 Å². The summed E-state index contributed by atoms with van der Waals surface area (Å²) < 4.78 is 0. The normalized spacial score (nSPS) is 18.1. The summed E-state index contributed by atoms with van der Waals surface area (Å²) in [6, 6.07) is 18.7. The number of nitrogen functional groups attached to an aromatic ring is 1. The first-order valence-electron chi connectivity index (χ1n) is 8.23. The second-order valence-electron chi connectivity index (χ2n) is 6.19. The number of fused-ring (bicyclic) bond motifs is 1. The molecule has 0 bridgehead atoms. The lowest BCUT2D eigenvalue weighted by Gasteiger charge is -2.26. The summed E-state index contributed by atoms with van der Waals surface area (Å²) in [5, 5.41) is 13.0. The lowest BCUT2D eigenvalue weighted by molar-refractivity contribution is 0.316. The van der Waals surface area contributed by atoms with Crippen molar-refractivity contribution < 1.29 is 5.21 Å². The Morgan fingerprint density at radius 2 is 1.72 bits per heavy atom. The van der Waals surface area contributed by atoms with E-state index in [-0.39, 0.29) is 11.9 Å². The summed E-state index contributed by atoms with van der Waals surface area (Å²) >= 11 is 0. The Morgan fingerprint density at radius 1 is 0.960 bits per heavy atom. The van der Waals surface area contributed by atoms with Gasteiger partial charge in [-0.15, -0.1) is 0 Å².